The van der Waals surface area contributed by atoms with Crippen LogP contribution < -0.4 is 0 Å². The van der Waals surface area contributed by atoms with Crippen molar-refractivity contribution in [1.82, 2.24) is 0 Å². The van der Waals surface area contributed by atoms with Crippen molar-refractivity contribution in [3.05, 3.63) is 0 Å². The zero-order chi connectivity index (χ0) is 18.4. The van der Waals surface area contributed by atoms with Crippen molar-refractivity contribution in [1.29, 1.82) is 0 Å². The lowest BCUT2D eigenvalue weighted by molar-refractivity contribution is -0.171. The molecule has 10 heteroatoms. The number of esters is 1. The minimum atomic E-state index is -1.17. The van der Waals surface area contributed by atoms with Gasteiger partial charge in [-0.2, -0.15) is 0 Å². The Morgan fingerprint density at radius 1 is 0.917 bits per heavy atom. The molecule has 0 saturated carbocycles. The van der Waals surface area contributed by atoms with Gasteiger partial charge >= 0.3 is 23.9 Å². The largest absolute Gasteiger partial charge is 0.481 e. The highest BCUT2D eigenvalue weighted by Crippen LogP contribution is 2.43. The second kappa shape index (κ2) is 8.97. The van der Waals surface area contributed by atoms with Crippen LogP contribution in [-0.2, 0) is 28.7 Å². The summed E-state index contributed by atoms with van der Waals surface area (Å²) in [5.41, 5.74) is 0. The average molecular weight is 411 g/mol. The number of carboxylic acid groups (broad SMARTS) is 3. The topological polar surface area (TPSA) is 147 Å². The molecule has 136 valence electrons. The number of carbonyl (C=O) groups excluding carboxylic acids is 1. The van der Waals surface area contributed by atoms with E-state index in [4.69, 9.17) is 24.8 Å². The Hall–Kier alpha value is -1.68. The molecule has 0 aromatic rings. The molecule has 1 saturated heterocycles. The number of rotatable bonds is 8. The van der Waals surface area contributed by atoms with Crippen LogP contribution in [0.5, 0.6) is 0 Å². The first-order valence-electron chi connectivity index (χ1n) is 7.20. The van der Waals surface area contributed by atoms with Gasteiger partial charge in [-0.1, -0.05) is 15.9 Å². The summed E-state index contributed by atoms with van der Waals surface area (Å²) in [5, 5.41) is 26.5. The van der Waals surface area contributed by atoms with E-state index < -0.39 is 65.6 Å². The molecule has 1 fully saturated rings. The summed E-state index contributed by atoms with van der Waals surface area (Å²) >= 11 is 3.19. The fourth-order valence-corrected chi connectivity index (χ4v) is 3.81. The van der Waals surface area contributed by atoms with Crippen LogP contribution in [0.15, 0.2) is 0 Å². The molecule has 5 atom stereocenters. The maximum Gasteiger partial charge on any atom is 0.303 e. The number of hydrogen-bond acceptors (Lipinski definition) is 6. The van der Waals surface area contributed by atoms with Crippen molar-refractivity contribution >= 4 is 39.8 Å². The van der Waals surface area contributed by atoms with Crippen LogP contribution in [0.25, 0.3) is 0 Å². The standard InChI is InChI=1S/C14H19BrO9/c1-6(16)23-5-10-8(3-12(19)20)7(2-11(17)18)9(4-13(21)22)14(15)24-10/h7-10,14H,2-5H2,1H3,(H,17,18)(H,19,20)(H,21,22)/t7-,8-,9+,10-,14+/m0/s1. The Labute approximate surface area is 146 Å². The van der Waals surface area contributed by atoms with Crippen molar-refractivity contribution in [2.45, 2.75) is 37.3 Å². The quantitative estimate of drug-likeness (QED) is 0.392. The fourth-order valence-electron chi connectivity index (χ4n) is 2.95. The van der Waals surface area contributed by atoms with Crippen LogP contribution in [0.1, 0.15) is 26.2 Å². The Morgan fingerprint density at radius 3 is 1.83 bits per heavy atom. The van der Waals surface area contributed by atoms with Crippen LogP contribution in [0.4, 0.5) is 0 Å². The Kier molecular flexibility index (Phi) is 7.61. The highest BCUT2D eigenvalue weighted by atomic mass is 79.9. The molecule has 0 radical (unpaired) electrons. The third-order valence-electron chi connectivity index (χ3n) is 3.90. The van der Waals surface area contributed by atoms with Crippen molar-refractivity contribution in [2.24, 2.45) is 17.8 Å². The Morgan fingerprint density at radius 2 is 1.38 bits per heavy atom. The molecule has 0 aromatic heterocycles. The van der Waals surface area contributed by atoms with E-state index in [-0.39, 0.29) is 13.0 Å². The molecule has 9 nitrogen and oxygen atoms in total. The van der Waals surface area contributed by atoms with Gasteiger partial charge < -0.3 is 24.8 Å². The number of aliphatic carboxylic acids is 3. The van der Waals surface area contributed by atoms with Gasteiger partial charge in [0, 0.05) is 25.2 Å². The first kappa shape index (κ1) is 20.4. The molecular formula is C14H19BrO9. The van der Waals surface area contributed by atoms with E-state index >= 15 is 0 Å². The molecule has 0 spiro atoms. The van der Waals surface area contributed by atoms with E-state index in [2.05, 4.69) is 15.9 Å². The summed E-state index contributed by atoms with van der Waals surface area (Å²) in [6.07, 6.45) is -2.04. The van der Waals surface area contributed by atoms with Gasteiger partial charge in [0.15, 0.2) is 0 Å². The van der Waals surface area contributed by atoms with Crippen LogP contribution in [-0.4, -0.2) is 56.9 Å². The van der Waals surface area contributed by atoms with Crippen LogP contribution >= 0.6 is 15.9 Å². The van der Waals surface area contributed by atoms with Crippen LogP contribution in [0.3, 0.4) is 0 Å². The zero-order valence-electron chi connectivity index (χ0n) is 12.9. The Balaban J connectivity index is 3.11. The SMILES string of the molecule is CC(=O)OC[C@@H]1O[C@@H](Br)[C@H](CC(=O)O)[C@@H](CC(=O)O)[C@@H]1CC(=O)O. The third kappa shape index (κ3) is 6.08. The molecule has 0 unspecified atom stereocenters. The van der Waals surface area contributed by atoms with E-state index in [1.165, 1.54) is 6.92 Å². The minimum Gasteiger partial charge on any atom is -0.481 e. The smallest absolute Gasteiger partial charge is 0.303 e. The second-order valence-electron chi connectivity index (χ2n) is 5.61. The lowest BCUT2D eigenvalue weighted by Crippen LogP contribution is -2.49. The average Bonchev–Trinajstić information content (AvgIpc) is 2.42. The molecule has 1 rings (SSSR count). The summed E-state index contributed by atoms with van der Waals surface area (Å²) in [4.78, 5) is 44.4. The normalized spacial score (nSPS) is 29.7. The van der Waals surface area contributed by atoms with Gasteiger partial charge in [0.25, 0.3) is 0 Å². The summed E-state index contributed by atoms with van der Waals surface area (Å²) < 4.78 is 10.5. The molecule has 1 aliphatic rings. The number of carbonyl (C=O) groups is 4. The van der Waals surface area contributed by atoms with E-state index in [0.717, 1.165) is 0 Å². The number of alkyl halides is 1. The monoisotopic (exact) mass is 410 g/mol. The van der Waals surface area contributed by atoms with Gasteiger partial charge in [0.05, 0.1) is 18.9 Å². The fraction of sp³-hybridized carbons (Fsp3) is 0.714. The number of carboxylic acids is 3. The molecule has 1 heterocycles. The van der Waals surface area contributed by atoms with E-state index in [9.17, 15) is 19.2 Å². The molecular weight excluding hydrogens is 392 g/mol. The van der Waals surface area contributed by atoms with Gasteiger partial charge in [-0.05, 0) is 5.92 Å². The molecule has 0 aliphatic carbocycles. The van der Waals surface area contributed by atoms with Gasteiger partial charge in [-0.25, -0.2) is 0 Å². The maximum atomic E-state index is 11.2. The molecule has 24 heavy (non-hydrogen) atoms. The predicted octanol–water partition coefficient (Wildman–Crippen LogP) is 0.942. The van der Waals surface area contributed by atoms with Gasteiger partial charge in [0.2, 0.25) is 0 Å². The van der Waals surface area contributed by atoms with E-state index in [1.807, 2.05) is 0 Å². The summed E-state index contributed by atoms with van der Waals surface area (Å²) in [6, 6.07) is 0. The van der Waals surface area contributed by atoms with Crippen molar-refractivity contribution in [3.63, 3.8) is 0 Å². The summed E-state index contributed by atoms with van der Waals surface area (Å²) in [5.74, 6) is -6.34. The van der Waals surface area contributed by atoms with Crippen molar-refractivity contribution in [3.8, 4) is 0 Å². The van der Waals surface area contributed by atoms with Gasteiger partial charge in [0.1, 0.15) is 11.6 Å². The van der Waals surface area contributed by atoms with Crippen LogP contribution in [0.2, 0.25) is 0 Å². The predicted molar refractivity (Wildman–Crippen MR) is 81.4 cm³/mol. The van der Waals surface area contributed by atoms with E-state index in [1.54, 1.807) is 0 Å². The summed E-state index contributed by atoms with van der Waals surface area (Å²) in [7, 11) is 0. The lowest BCUT2D eigenvalue weighted by Gasteiger charge is -2.44. The van der Waals surface area contributed by atoms with Crippen molar-refractivity contribution < 1.29 is 44.0 Å². The molecule has 0 aromatic carbocycles. The second-order valence-corrected chi connectivity index (χ2v) is 6.52. The molecule has 1 aliphatic heterocycles. The molecule has 3 N–H and O–H groups in total. The van der Waals surface area contributed by atoms with Gasteiger partial charge in [-0.3, -0.25) is 19.2 Å². The first-order valence-corrected chi connectivity index (χ1v) is 8.11. The molecule has 0 amide bonds. The van der Waals surface area contributed by atoms with E-state index in [0.29, 0.717) is 0 Å². The van der Waals surface area contributed by atoms with Crippen molar-refractivity contribution in [2.75, 3.05) is 6.61 Å². The number of halogens is 1. The highest BCUT2D eigenvalue weighted by molar-refractivity contribution is 9.09. The first-order chi connectivity index (χ1) is 11.1. The minimum absolute atomic E-state index is 0.231. The maximum absolute atomic E-state index is 11.2. The lowest BCUT2D eigenvalue weighted by atomic mass is 9.72. The zero-order valence-corrected chi connectivity index (χ0v) is 14.5. The Bertz CT molecular complexity index is 506. The summed E-state index contributed by atoms with van der Waals surface area (Å²) in [6.45, 7) is 0.952. The highest BCUT2D eigenvalue weighted by Gasteiger charge is 2.47. The molecule has 0 bridgehead atoms. The number of hydrogen-bond donors (Lipinski definition) is 3. The third-order valence-corrected chi connectivity index (χ3v) is 4.80. The van der Waals surface area contributed by atoms with Crippen LogP contribution in [0, 0.1) is 17.8 Å². The van der Waals surface area contributed by atoms with Gasteiger partial charge in [-0.15, -0.1) is 0 Å². The number of ether oxygens (including phenoxy) is 2.